The van der Waals surface area contributed by atoms with Crippen molar-refractivity contribution in [2.24, 2.45) is 0 Å². The fraction of sp³-hybridized carbons (Fsp3) is 0.545. The third kappa shape index (κ3) is 4.94. The van der Waals surface area contributed by atoms with Crippen molar-refractivity contribution in [3.05, 3.63) is 30.1 Å². The quantitative estimate of drug-likeness (QED) is 0.623. The highest BCUT2D eigenvalue weighted by Crippen LogP contribution is 1.89. The standard InChI is InChI=1S/C6H7N.C5H11NO/c1-6-3-2-4-7-5-6;1-6-2-4-7-5-3-6/h2-5H,1H3;2-5H2,1H3. The molecule has 0 bridgehead atoms. The van der Waals surface area contributed by atoms with E-state index in [9.17, 15) is 0 Å². The molecular formula is C11H18N2O. The van der Waals surface area contributed by atoms with Gasteiger partial charge in [-0.15, -0.1) is 0 Å². The van der Waals surface area contributed by atoms with E-state index in [1.165, 1.54) is 5.56 Å². The molecule has 0 radical (unpaired) electrons. The van der Waals surface area contributed by atoms with Gasteiger partial charge in [-0.05, 0) is 25.6 Å². The summed E-state index contributed by atoms with van der Waals surface area (Å²) in [6.07, 6.45) is 3.60. The fourth-order valence-electron chi connectivity index (χ4n) is 1.10. The van der Waals surface area contributed by atoms with E-state index in [0.29, 0.717) is 0 Å². The van der Waals surface area contributed by atoms with E-state index >= 15 is 0 Å². The average molecular weight is 194 g/mol. The van der Waals surface area contributed by atoms with E-state index in [0.717, 1.165) is 26.3 Å². The zero-order valence-corrected chi connectivity index (χ0v) is 8.94. The molecule has 14 heavy (non-hydrogen) atoms. The van der Waals surface area contributed by atoms with Crippen molar-refractivity contribution in [1.29, 1.82) is 0 Å². The smallest absolute Gasteiger partial charge is 0.0594 e. The molecule has 0 unspecified atom stereocenters. The summed E-state index contributed by atoms with van der Waals surface area (Å²) in [4.78, 5) is 6.15. The SMILES string of the molecule is CN1CCOCC1.Cc1cccnc1. The van der Waals surface area contributed by atoms with E-state index in [1.54, 1.807) is 6.20 Å². The number of hydrogen-bond donors (Lipinski definition) is 0. The van der Waals surface area contributed by atoms with Crippen LogP contribution in [0.15, 0.2) is 24.5 Å². The summed E-state index contributed by atoms with van der Waals surface area (Å²) >= 11 is 0. The largest absolute Gasteiger partial charge is 0.379 e. The van der Waals surface area contributed by atoms with Crippen molar-refractivity contribution in [3.63, 3.8) is 0 Å². The van der Waals surface area contributed by atoms with Crippen LogP contribution in [0.3, 0.4) is 0 Å². The lowest BCUT2D eigenvalue weighted by Gasteiger charge is -2.21. The molecule has 0 aliphatic carbocycles. The summed E-state index contributed by atoms with van der Waals surface area (Å²) in [5, 5.41) is 0. The molecule has 0 saturated carbocycles. The van der Waals surface area contributed by atoms with Crippen LogP contribution >= 0.6 is 0 Å². The zero-order chi connectivity index (χ0) is 10.2. The van der Waals surface area contributed by atoms with Crippen molar-refractivity contribution >= 4 is 0 Å². The minimum Gasteiger partial charge on any atom is -0.379 e. The van der Waals surface area contributed by atoms with Gasteiger partial charge in [0.25, 0.3) is 0 Å². The Bertz CT molecular complexity index is 232. The van der Waals surface area contributed by atoms with Gasteiger partial charge in [0.05, 0.1) is 13.2 Å². The van der Waals surface area contributed by atoms with Gasteiger partial charge in [0.1, 0.15) is 0 Å². The Morgan fingerprint density at radius 1 is 1.36 bits per heavy atom. The van der Waals surface area contributed by atoms with E-state index in [2.05, 4.69) is 16.9 Å². The summed E-state index contributed by atoms with van der Waals surface area (Å²) in [7, 11) is 2.11. The van der Waals surface area contributed by atoms with Crippen LogP contribution < -0.4 is 0 Å². The van der Waals surface area contributed by atoms with Crippen LogP contribution in [0.5, 0.6) is 0 Å². The lowest BCUT2D eigenvalue weighted by atomic mass is 10.3. The number of aryl methyl sites for hydroxylation is 1. The highest BCUT2D eigenvalue weighted by molar-refractivity contribution is 5.04. The first kappa shape index (κ1) is 11.1. The molecule has 2 heterocycles. The van der Waals surface area contributed by atoms with E-state index in [4.69, 9.17) is 4.74 Å². The van der Waals surface area contributed by atoms with Gasteiger partial charge < -0.3 is 9.64 Å². The minimum atomic E-state index is 0.913. The monoisotopic (exact) mass is 194 g/mol. The van der Waals surface area contributed by atoms with Crippen LogP contribution in [0.2, 0.25) is 0 Å². The van der Waals surface area contributed by atoms with Crippen molar-refractivity contribution in [2.75, 3.05) is 33.4 Å². The van der Waals surface area contributed by atoms with Gasteiger partial charge >= 0.3 is 0 Å². The predicted octanol–water partition coefficient (Wildman–Crippen LogP) is 1.34. The van der Waals surface area contributed by atoms with Gasteiger partial charge in [-0.1, -0.05) is 6.07 Å². The highest BCUT2D eigenvalue weighted by atomic mass is 16.5. The Kier molecular flexibility index (Phi) is 5.19. The van der Waals surface area contributed by atoms with Crippen molar-refractivity contribution in [1.82, 2.24) is 9.88 Å². The maximum Gasteiger partial charge on any atom is 0.0594 e. The van der Waals surface area contributed by atoms with Gasteiger partial charge in [-0.25, -0.2) is 0 Å². The number of rotatable bonds is 0. The first-order valence-electron chi connectivity index (χ1n) is 4.92. The molecule has 2 rings (SSSR count). The second-order valence-corrected chi connectivity index (χ2v) is 3.45. The van der Waals surface area contributed by atoms with E-state index < -0.39 is 0 Å². The lowest BCUT2D eigenvalue weighted by molar-refractivity contribution is 0.0503. The van der Waals surface area contributed by atoms with Gasteiger partial charge in [0.15, 0.2) is 0 Å². The third-order valence-corrected chi connectivity index (χ3v) is 2.04. The second-order valence-electron chi connectivity index (χ2n) is 3.45. The van der Waals surface area contributed by atoms with Crippen molar-refractivity contribution in [3.8, 4) is 0 Å². The highest BCUT2D eigenvalue weighted by Gasteiger charge is 2.02. The zero-order valence-electron chi connectivity index (χ0n) is 8.94. The number of aromatic nitrogens is 1. The molecule has 1 aliphatic heterocycles. The van der Waals surface area contributed by atoms with Crippen LogP contribution in [-0.2, 0) is 4.74 Å². The molecule has 1 fully saturated rings. The Morgan fingerprint density at radius 2 is 2.07 bits per heavy atom. The van der Waals surface area contributed by atoms with Crippen LogP contribution in [0.1, 0.15) is 5.56 Å². The Hall–Kier alpha value is -0.930. The van der Waals surface area contributed by atoms with Gasteiger partial charge in [-0.3, -0.25) is 4.98 Å². The number of ether oxygens (including phenoxy) is 1. The van der Waals surface area contributed by atoms with E-state index in [-0.39, 0.29) is 0 Å². The lowest BCUT2D eigenvalue weighted by Crippen LogP contribution is -2.32. The second kappa shape index (κ2) is 6.51. The number of morpholine rings is 1. The molecule has 3 nitrogen and oxygen atoms in total. The molecule has 3 heteroatoms. The van der Waals surface area contributed by atoms with Crippen molar-refractivity contribution in [2.45, 2.75) is 6.92 Å². The maximum atomic E-state index is 5.10. The maximum absolute atomic E-state index is 5.10. The normalized spacial score (nSPS) is 17.0. The third-order valence-electron chi connectivity index (χ3n) is 2.04. The molecule has 1 saturated heterocycles. The number of hydrogen-bond acceptors (Lipinski definition) is 3. The van der Waals surface area contributed by atoms with Crippen molar-refractivity contribution < 1.29 is 4.74 Å². The van der Waals surface area contributed by atoms with Crippen LogP contribution in [0.4, 0.5) is 0 Å². The number of likely N-dealkylation sites (N-methyl/N-ethyl adjacent to an activating group) is 1. The Morgan fingerprint density at radius 3 is 2.36 bits per heavy atom. The first-order chi connectivity index (χ1) is 6.79. The van der Waals surface area contributed by atoms with Crippen LogP contribution in [-0.4, -0.2) is 43.2 Å². The molecule has 0 aromatic carbocycles. The average Bonchev–Trinajstić information content (AvgIpc) is 2.21. The number of pyridine rings is 1. The van der Waals surface area contributed by atoms with Gasteiger partial charge in [-0.2, -0.15) is 0 Å². The molecule has 0 spiro atoms. The van der Waals surface area contributed by atoms with Crippen LogP contribution in [0.25, 0.3) is 0 Å². The Labute approximate surface area is 85.7 Å². The Balaban J connectivity index is 0.000000140. The molecule has 1 aromatic rings. The predicted molar refractivity (Wildman–Crippen MR) is 57.3 cm³/mol. The molecular weight excluding hydrogens is 176 g/mol. The van der Waals surface area contributed by atoms with E-state index in [1.807, 2.05) is 25.3 Å². The molecule has 0 amide bonds. The van der Waals surface area contributed by atoms with Gasteiger partial charge in [0, 0.05) is 25.5 Å². The summed E-state index contributed by atoms with van der Waals surface area (Å²) in [5.74, 6) is 0. The molecule has 0 atom stereocenters. The first-order valence-corrected chi connectivity index (χ1v) is 4.92. The summed E-state index contributed by atoms with van der Waals surface area (Å²) < 4.78 is 5.10. The van der Waals surface area contributed by atoms with Gasteiger partial charge in [0.2, 0.25) is 0 Å². The summed E-state index contributed by atoms with van der Waals surface area (Å²) in [6.45, 7) is 6.04. The van der Waals surface area contributed by atoms with Crippen LogP contribution in [0, 0.1) is 6.92 Å². The number of nitrogens with zero attached hydrogens (tertiary/aromatic N) is 2. The molecule has 1 aromatic heterocycles. The molecule has 0 N–H and O–H groups in total. The fourth-order valence-corrected chi connectivity index (χ4v) is 1.10. The summed E-state index contributed by atoms with van der Waals surface area (Å²) in [5.41, 5.74) is 1.21. The minimum absolute atomic E-state index is 0.913. The molecule has 78 valence electrons. The molecule has 1 aliphatic rings. The summed E-state index contributed by atoms with van der Waals surface area (Å²) in [6, 6.07) is 3.95. The topological polar surface area (TPSA) is 25.4 Å².